The number of ether oxygens (including phenoxy) is 1. The van der Waals surface area contributed by atoms with E-state index in [1.54, 1.807) is 6.07 Å². The highest BCUT2D eigenvalue weighted by Crippen LogP contribution is 2.18. The Kier molecular flexibility index (Phi) is 6.72. The van der Waals surface area contributed by atoms with E-state index in [0.717, 1.165) is 0 Å². The van der Waals surface area contributed by atoms with Crippen LogP contribution in [0.3, 0.4) is 0 Å². The second kappa shape index (κ2) is 8.52. The van der Waals surface area contributed by atoms with Crippen LogP contribution in [0.5, 0.6) is 5.75 Å². The summed E-state index contributed by atoms with van der Waals surface area (Å²) in [5, 5.41) is 17.0. The minimum absolute atomic E-state index is 0.141. The maximum atomic E-state index is 11.5. The van der Waals surface area contributed by atoms with Crippen molar-refractivity contribution in [2.45, 2.75) is 13.8 Å². The summed E-state index contributed by atoms with van der Waals surface area (Å²) in [4.78, 5) is 33.9. The van der Waals surface area contributed by atoms with Gasteiger partial charge in [-0.05, 0) is 29.7 Å². The van der Waals surface area contributed by atoms with E-state index in [1.807, 2.05) is 13.8 Å². The van der Waals surface area contributed by atoms with E-state index >= 15 is 0 Å². The maximum absolute atomic E-state index is 11.5. The first kappa shape index (κ1) is 18.1. The number of hydrazone groups is 1. The molecule has 0 saturated carbocycles. The Morgan fingerprint density at radius 2 is 2.00 bits per heavy atom. The fourth-order valence-corrected chi connectivity index (χ4v) is 1.56. The van der Waals surface area contributed by atoms with Gasteiger partial charge < -0.3 is 20.0 Å². The summed E-state index contributed by atoms with van der Waals surface area (Å²) in [5.74, 6) is -2.72. The molecule has 0 unspecified atom stereocenters. The summed E-state index contributed by atoms with van der Waals surface area (Å²) in [6, 6.07) is 4.26. The van der Waals surface area contributed by atoms with Gasteiger partial charge in [0.05, 0.1) is 19.3 Å². The number of carbonyl (C=O) groups is 3. The van der Waals surface area contributed by atoms with Gasteiger partial charge in [0.1, 0.15) is 5.75 Å². The van der Waals surface area contributed by atoms with Crippen molar-refractivity contribution in [1.29, 1.82) is 0 Å². The zero-order chi connectivity index (χ0) is 17.4. The van der Waals surface area contributed by atoms with Crippen LogP contribution in [-0.2, 0) is 9.59 Å². The topological polar surface area (TPSA) is 120 Å². The fraction of sp³-hybridized carbons (Fsp3) is 0.333. The van der Waals surface area contributed by atoms with Crippen LogP contribution in [0.1, 0.15) is 29.8 Å². The first-order valence-electron chi connectivity index (χ1n) is 6.85. The zero-order valence-corrected chi connectivity index (χ0v) is 13.1. The first-order chi connectivity index (χ1) is 10.8. The van der Waals surface area contributed by atoms with Crippen LogP contribution in [0, 0.1) is 5.92 Å². The Hall–Kier alpha value is -2.90. The molecule has 0 aliphatic heterocycles. The van der Waals surface area contributed by atoms with Gasteiger partial charge in [-0.15, -0.1) is 0 Å². The van der Waals surface area contributed by atoms with E-state index in [9.17, 15) is 19.5 Å². The van der Waals surface area contributed by atoms with E-state index in [4.69, 9.17) is 4.74 Å². The molecule has 0 aliphatic carbocycles. The minimum atomic E-state index is -1.39. The second-order valence-electron chi connectivity index (χ2n) is 5.05. The van der Waals surface area contributed by atoms with E-state index in [2.05, 4.69) is 15.8 Å². The molecule has 0 heterocycles. The molecule has 1 rings (SSSR count). The normalized spacial score (nSPS) is 10.6. The van der Waals surface area contributed by atoms with Crippen molar-refractivity contribution in [2.75, 3.05) is 13.7 Å². The molecule has 0 saturated heterocycles. The van der Waals surface area contributed by atoms with Gasteiger partial charge in [-0.2, -0.15) is 5.10 Å². The number of nitrogens with zero attached hydrogens (tertiary/aromatic N) is 1. The SMILES string of the molecule is COc1ccc(/C=N\NC(=O)C(=O)NCC(C)C)cc1C(=O)[O-]. The molecule has 23 heavy (non-hydrogen) atoms. The van der Waals surface area contributed by atoms with Gasteiger partial charge in [-0.3, -0.25) is 9.59 Å². The van der Waals surface area contributed by atoms with E-state index < -0.39 is 17.8 Å². The van der Waals surface area contributed by atoms with Gasteiger partial charge >= 0.3 is 11.8 Å². The number of carboxylic acid groups (broad SMARTS) is 1. The standard InChI is InChI=1S/C15H19N3O5/c1-9(2)7-16-13(19)14(20)18-17-8-10-4-5-12(23-3)11(6-10)15(21)22/h4-6,8-9H,7H2,1-3H3,(H,16,19)(H,18,20)(H,21,22)/p-1/b17-8-. The lowest BCUT2D eigenvalue weighted by Gasteiger charge is -2.09. The number of hydrogen-bond acceptors (Lipinski definition) is 6. The summed E-state index contributed by atoms with van der Waals surface area (Å²) < 4.78 is 4.89. The molecule has 0 spiro atoms. The number of rotatable bonds is 6. The predicted octanol–water partition coefficient (Wildman–Crippen LogP) is -0.719. The van der Waals surface area contributed by atoms with E-state index in [0.29, 0.717) is 12.1 Å². The second-order valence-corrected chi connectivity index (χ2v) is 5.05. The van der Waals surface area contributed by atoms with Crippen molar-refractivity contribution >= 4 is 24.0 Å². The zero-order valence-electron chi connectivity index (χ0n) is 13.1. The summed E-state index contributed by atoms with van der Waals surface area (Å²) >= 11 is 0. The van der Waals surface area contributed by atoms with Gasteiger partial charge in [-0.25, -0.2) is 5.43 Å². The minimum Gasteiger partial charge on any atom is -0.545 e. The van der Waals surface area contributed by atoms with Gasteiger partial charge in [0.15, 0.2) is 0 Å². The van der Waals surface area contributed by atoms with Crippen molar-refractivity contribution in [2.24, 2.45) is 11.0 Å². The monoisotopic (exact) mass is 320 g/mol. The number of aromatic carboxylic acids is 1. The van der Waals surface area contributed by atoms with Crippen molar-refractivity contribution < 1.29 is 24.2 Å². The highest BCUT2D eigenvalue weighted by molar-refractivity contribution is 6.35. The van der Waals surface area contributed by atoms with Gasteiger partial charge in [0, 0.05) is 12.1 Å². The summed E-state index contributed by atoms with van der Waals surface area (Å²) in [6.07, 6.45) is 1.21. The lowest BCUT2D eigenvalue weighted by Crippen LogP contribution is -2.39. The third kappa shape index (κ3) is 5.77. The molecule has 0 radical (unpaired) electrons. The number of methoxy groups -OCH3 is 1. The molecule has 2 N–H and O–H groups in total. The van der Waals surface area contributed by atoms with E-state index in [1.165, 1.54) is 25.5 Å². The molecule has 0 atom stereocenters. The average molecular weight is 320 g/mol. The number of hydrogen-bond donors (Lipinski definition) is 2. The van der Waals surface area contributed by atoms with Crippen LogP contribution in [0.2, 0.25) is 0 Å². The van der Waals surface area contributed by atoms with Crippen LogP contribution in [0.25, 0.3) is 0 Å². The van der Waals surface area contributed by atoms with Gasteiger partial charge in [0.25, 0.3) is 0 Å². The third-order valence-electron chi connectivity index (χ3n) is 2.70. The molecule has 0 fully saturated rings. The predicted molar refractivity (Wildman–Crippen MR) is 80.9 cm³/mol. The smallest absolute Gasteiger partial charge is 0.329 e. The Morgan fingerprint density at radius 3 is 2.57 bits per heavy atom. The van der Waals surface area contributed by atoms with Crippen LogP contribution < -0.4 is 20.6 Å². The Balaban J connectivity index is 2.67. The molecular formula is C15H18N3O5-. The maximum Gasteiger partial charge on any atom is 0.329 e. The summed E-state index contributed by atoms with van der Waals surface area (Å²) in [5.41, 5.74) is 2.31. The molecule has 8 nitrogen and oxygen atoms in total. The van der Waals surface area contributed by atoms with Crippen LogP contribution in [-0.4, -0.2) is 37.7 Å². The molecule has 0 aromatic heterocycles. The number of carbonyl (C=O) groups excluding carboxylic acids is 3. The summed E-state index contributed by atoms with van der Waals surface area (Å²) in [7, 11) is 1.34. The van der Waals surface area contributed by atoms with Gasteiger partial charge in [-0.1, -0.05) is 13.8 Å². The molecule has 2 amide bonds. The molecule has 0 bridgehead atoms. The lowest BCUT2D eigenvalue weighted by atomic mass is 10.1. The number of amides is 2. The highest BCUT2D eigenvalue weighted by Gasteiger charge is 2.12. The highest BCUT2D eigenvalue weighted by atomic mass is 16.5. The largest absolute Gasteiger partial charge is 0.545 e. The third-order valence-corrected chi connectivity index (χ3v) is 2.70. The number of carboxylic acids is 1. The Bertz CT molecular complexity index is 626. The van der Waals surface area contributed by atoms with Crippen LogP contribution >= 0.6 is 0 Å². The molecule has 1 aromatic carbocycles. The van der Waals surface area contributed by atoms with E-state index in [-0.39, 0.29) is 17.2 Å². The molecule has 124 valence electrons. The molecule has 1 aromatic rings. The molecular weight excluding hydrogens is 302 g/mol. The quantitative estimate of drug-likeness (QED) is 0.407. The van der Waals surface area contributed by atoms with Crippen molar-refractivity contribution in [3.63, 3.8) is 0 Å². The average Bonchev–Trinajstić information content (AvgIpc) is 2.52. The van der Waals surface area contributed by atoms with Crippen LogP contribution in [0.15, 0.2) is 23.3 Å². The molecule has 0 aliphatic rings. The first-order valence-corrected chi connectivity index (χ1v) is 6.85. The summed E-state index contributed by atoms with van der Waals surface area (Å²) in [6.45, 7) is 4.17. The molecule has 8 heteroatoms. The van der Waals surface area contributed by atoms with Crippen molar-refractivity contribution in [3.8, 4) is 5.75 Å². The lowest BCUT2D eigenvalue weighted by molar-refractivity contribution is -0.255. The fourth-order valence-electron chi connectivity index (χ4n) is 1.56. The Labute approximate surface area is 133 Å². The van der Waals surface area contributed by atoms with Gasteiger partial charge in [0.2, 0.25) is 0 Å². The van der Waals surface area contributed by atoms with Crippen molar-refractivity contribution in [1.82, 2.24) is 10.7 Å². The Morgan fingerprint density at radius 1 is 1.30 bits per heavy atom. The van der Waals surface area contributed by atoms with Crippen LogP contribution in [0.4, 0.5) is 0 Å². The number of benzene rings is 1. The van der Waals surface area contributed by atoms with Crippen molar-refractivity contribution in [3.05, 3.63) is 29.3 Å². The number of nitrogens with one attached hydrogen (secondary N) is 2.